The average molecular weight is 260 g/mol. The number of rotatable bonds is 8. The van der Waals surface area contributed by atoms with Crippen LogP contribution in [0.15, 0.2) is 0 Å². The number of aliphatic hydroxyl groups is 1. The van der Waals surface area contributed by atoms with Crippen LogP contribution in [0.3, 0.4) is 0 Å². The highest BCUT2D eigenvalue weighted by atomic mass is 28.4. The van der Waals surface area contributed by atoms with Gasteiger partial charge in [0.05, 0.1) is 0 Å². The van der Waals surface area contributed by atoms with Gasteiger partial charge in [-0.05, 0) is 23.0 Å². The lowest BCUT2D eigenvalue weighted by molar-refractivity contribution is 0.147. The Hall–Kier alpha value is 0.137. The Morgan fingerprint density at radius 3 is 1.59 bits per heavy atom. The quantitative estimate of drug-likeness (QED) is 0.663. The Bertz CT molecular complexity index is 177. The second-order valence-electron chi connectivity index (χ2n) is 6.09. The summed E-state index contributed by atoms with van der Waals surface area (Å²) in [7, 11) is -1.73. The van der Waals surface area contributed by atoms with Crippen molar-refractivity contribution in [2.24, 2.45) is 5.92 Å². The van der Waals surface area contributed by atoms with Gasteiger partial charge in [0.15, 0.2) is 8.32 Å². The van der Waals surface area contributed by atoms with Gasteiger partial charge in [0.1, 0.15) is 0 Å². The van der Waals surface area contributed by atoms with Crippen LogP contribution in [-0.4, -0.2) is 26.6 Å². The van der Waals surface area contributed by atoms with E-state index in [9.17, 15) is 5.11 Å². The molecule has 0 heterocycles. The number of hydrogen-bond acceptors (Lipinski definition) is 2. The molecule has 0 aromatic carbocycles. The first-order chi connectivity index (χ1) is 7.82. The summed E-state index contributed by atoms with van der Waals surface area (Å²) in [5, 5.41) is 9.27. The summed E-state index contributed by atoms with van der Waals surface area (Å²) in [4.78, 5) is 0. The zero-order valence-corrected chi connectivity index (χ0v) is 13.8. The van der Waals surface area contributed by atoms with Crippen molar-refractivity contribution in [2.45, 2.75) is 71.5 Å². The third-order valence-electron chi connectivity index (χ3n) is 4.11. The van der Waals surface area contributed by atoms with E-state index in [2.05, 4.69) is 48.5 Å². The lowest BCUT2D eigenvalue weighted by Crippen LogP contribution is -2.48. The first kappa shape index (κ1) is 17.1. The fraction of sp³-hybridized carbons (Fsp3) is 1.00. The molecule has 2 nitrogen and oxygen atoms in total. The summed E-state index contributed by atoms with van der Waals surface area (Å²) in [6.07, 6.45) is 0.995. The molecule has 0 aliphatic heterocycles. The third-order valence-corrected chi connectivity index (χ3v) is 10.2. The standard InChI is InChI=1S/C14H32O2Si/c1-8-14(9-15)10-16-17(11(2)3,12(4)5)13(6)7/h11-15H,8-10H2,1-7H3/t14-/m1/s1. The molecule has 0 rings (SSSR count). The highest BCUT2D eigenvalue weighted by molar-refractivity contribution is 6.77. The van der Waals surface area contributed by atoms with Gasteiger partial charge in [-0.15, -0.1) is 0 Å². The van der Waals surface area contributed by atoms with Crippen LogP contribution < -0.4 is 0 Å². The molecule has 1 N–H and O–H groups in total. The van der Waals surface area contributed by atoms with E-state index in [-0.39, 0.29) is 6.61 Å². The zero-order chi connectivity index (χ0) is 13.6. The molecule has 0 unspecified atom stereocenters. The summed E-state index contributed by atoms with van der Waals surface area (Å²) in [5.74, 6) is 0.304. The first-order valence-corrected chi connectivity index (χ1v) is 9.21. The van der Waals surface area contributed by atoms with Crippen molar-refractivity contribution in [3.05, 3.63) is 0 Å². The monoisotopic (exact) mass is 260 g/mol. The summed E-state index contributed by atoms with van der Waals surface area (Å²) >= 11 is 0. The van der Waals surface area contributed by atoms with E-state index in [1.165, 1.54) is 0 Å². The minimum atomic E-state index is -1.73. The van der Waals surface area contributed by atoms with Crippen LogP contribution >= 0.6 is 0 Å². The molecule has 104 valence electrons. The van der Waals surface area contributed by atoms with Crippen molar-refractivity contribution in [3.63, 3.8) is 0 Å². The molecule has 17 heavy (non-hydrogen) atoms. The van der Waals surface area contributed by atoms with E-state index >= 15 is 0 Å². The predicted octanol–water partition coefficient (Wildman–Crippen LogP) is 4.20. The van der Waals surface area contributed by atoms with Gasteiger partial charge in [-0.2, -0.15) is 0 Å². The maximum atomic E-state index is 9.27. The van der Waals surface area contributed by atoms with E-state index in [1.54, 1.807) is 0 Å². The van der Waals surface area contributed by atoms with E-state index < -0.39 is 8.32 Å². The number of hydrogen-bond donors (Lipinski definition) is 1. The van der Waals surface area contributed by atoms with Gasteiger partial charge >= 0.3 is 0 Å². The first-order valence-electron chi connectivity index (χ1n) is 7.07. The van der Waals surface area contributed by atoms with Crippen LogP contribution in [0.1, 0.15) is 54.9 Å². The van der Waals surface area contributed by atoms with E-state index in [0.29, 0.717) is 22.5 Å². The second-order valence-corrected chi connectivity index (χ2v) is 11.5. The SMILES string of the molecule is CC[C@H](CO)CO[Si](C(C)C)(C(C)C)C(C)C. The molecule has 0 aliphatic rings. The molecule has 0 aliphatic carbocycles. The van der Waals surface area contributed by atoms with Crippen molar-refractivity contribution < 1.29 is 9.53 Å². The van der Waals surface area contributed by atoms with Crippen LogP contribution in [0.25, 0.3) is 0 Å². The van der Waals surface area contributed by atoms with Crippen molar-refractivity contribution in [1.29, 1.82) is 0 Å². The molecule has 0 fully saturated rings. The molecule has 0 saturated heterocycles. The van der Waals surface area contributed by atoms with Crippen LogP contribution in [0.2, 0.25) is 16.6 Å². The Kier molecular flexibility index (Phi) is 7.61. The highest BCUT2D eigenvalue weighted by Crippen LogP contribution is 2.42. The third kappa shape index (κ3) is 4.07. The Labute approximate surface area is 109 Å². The van der Waals surface area contributed by atoms with Crippen LogP contribution in [0, 0.1) is 5.92 Å². The summed E-state index contributed by atoms with van der Waals surface area (Å²) < 4.78 is 6.44. The molecule has 3 heteroatoms. The molecule has 0 spiro atoms. The van der Waals surface area contributed by atoms with Gasteiger partial charge in [0, 0.05) is 19.1 Å². The second kappa shape index (κ2) is 7.55. The highest BCUT2D eigenvalue weighted by Gasteiger charge is 2.45. The summed E-state index contributed by atoms with van der Waals surface area (Å²) in [6, 6.07) is 0. The molecule has 0 aromatic heterocycles. The molecule has 0 saturated carbocycles. The van der Waals surface area contributed by atoms with Crippen LogP contribution in [-0.2, 0) is 4.43 Å². The minimum Gasteiger partial charge on any atom is -0.416 e. The summed E-state index contributed by atoms with van der Waals surface area (Å²) in [6.45, 7) is 16.9. The Morgan fingerprint density at radius 2 is 1.35 bits per heavy atom. The van der Waals surface area contributed by atoms with E-state index in [4.69, 9.17) is 4.43 Å². The number of aliphatic hydroxyl groups excluding tert-OH is 1. The van der Waals surface area contributed by atoms with Gasteiger partial charge in [-0.3, -0.25) is 0 Å². The van der Waals surface area contributed by atoms with Crippen LogP contribution in [0.5, 0.6) is 0 Å². The molecule has 0 aromatic rings. The summed E-state index contributed by atoms with van der Waals surface area (Å²) in [5.41, 5.74) is 1.87. The van der Waals surface area contributed by atoms with Crippen molar-refractivity contribution in [3.8, 4) is 0 Å². The molecule has 0 radical (unpaired) electrons. The van der Waals surface area contributed by atoms with Crippen molar-refractivity contribution in [2.75, 3.05) is 13.2 Å². The maximum absolute atomic E-state index is 9.27. The lowest BCUT2D eigenvalue weighted by Gasteiger charge is -2.42. The minimum absolute atomic E-state index is 0.245. The van der Waals surface area contributed by atoms with E-state index in [0.717, 1.165) is 13.0 Å². The van der Waals surface area contributed by atoms with Gasteiger partial charge < -0.3 is 9.53 Å². The topological polar surface area (TPSA) is 29.5 Å². The van der Waals surface area contributed by atoms with Crippen molar-refractivity contribution in [1.82, 2.24) is 0 Å². The Balaban J connectivity index is 4.81. The molecule has 0 amide bonds. The van der Waals surface area contributed by atoms with Gasteiger partial charge in [0.2, 0.25) is 0 Å². The predicted molar refractivity (Wildman–Crippen MR) is 77.9 cm³/mol. The van der Waals surface area contributed by atoms with Crippen LogP contribution in [0.4, 0.5) is 0 Å². The van der Waals surface area contributed by atoms with Crippen molar-refractivity contribution >= 4 is 8.32 Å². The van der Waals surface area contributed by atoms with Gasteiger partial charge in [-0.1, -0.05) is 48.5 Å². The van der Waals surface area contributed by atoms with Gasteiger partial charge in [-0.25, -0.2) is 0 Å². The molecular formula is C14H32O2Si. The smallest absolute Gasteiger partial charge is 0.200 e. The molecular weight excluding hydrogens is 228 g/mol. The molecule has 0 bridgehead atoms. The fourth-order valence-electron chi connectivity index (χ4n) is 3.06. The fourth-order valence-corrected chi connectivity index (χ4v) is 8.59. The van der Waals surface area contributed by atoms with E-state index in [1.807, 2.05) is 0 Å². The normalized spacial score (nSPS) is 15.0. The lowest BCUT2D eigenvalue weighted by atomic mass is 10.1. The Morgan fingerprint density at radius 1 is 0.941 bits per heavy atom. The zero-order valence-electron chi connectivity index (χ0n) is 12.8. The molecule has 1 atom stereocenters. The average Bonchev–Trinajstić information content (AvgIpc) is 2.23. The largest absolute Gasteiger partial charge is 0.416 e. The van der Waals surface area contributed by atoms with Gasteiger partial charge in [0.25, 0.3) is 0 Å². The maximum Gasteiger partial charge on any atom is 0.200 e.